The normalized spacial score (nSPS) is 26.9. The molecule has 2 aliphatic heterocycles. The summed E-state index contributed by atoms with van der Waals surface area (Å²) in [6.07, 6.45) is -1.36. The van der Waals surface area contributed by atoms with Gasteiger partial charge < -0.3 is 14.4 Å². The summed E-state index contributed by atoms with van der Waals surface area (Å²) in [5.41, 5.74) is 0. The van der Waals surface area contributed by atoms with Gasteiger partial charge in [0.15, 0.2) is 6.61 Å². The zero-order valence-electron chi connectivity index (χ0n) is 13.1. The SMILES string of the molecule is C[C@H]1CC[C@H](C2CCOCC2)N(C(=O)C(=O)OCC(F)(F)F)C1. The van der Waals surface area contributed by atoms with Crippen LogP contribution < -0.4 is 0 Å². The molecule has 23 heavy (non-hydrogen) atoms. The highest BCUT2D eigenvalue weighted by Crippen LogP contribution is 2.32. The van der Waals surface area contributed by atoms with E-state index in [1.165, 1.54) is 4.90 Å². The maximum Gasteiger partial charge on any atom is 0.422 e. The molecule has 0 N–H and O–H groups in total. The number of ether oxygens (including phenoxy) is 2. The smallest absolute Gasteiger partial charge is 0.422 e. The molecule has 0 unspecified atom stereocenters. The third-order valence-corrected chi connectivity index (χ3v) is 4.48. The Kier molecular flexibility index (Phi) is 5.89. The fourth-order valence-electron chi connectivity index (χ4n) is 3.32. The van der Waals surface area contributed by atoms with Gasteiger partial charge in [0.05, 0.1) is 0 Å². The quantitative estimate of drug-likeness (QED) is 0.572. The maximum absolute atomic E-state index is 12.3. The number of halogens is 3. The lowest BCUT2D eigenvalue weighted by atomic mass is 9.82. The van der Waals surface area contributed by atoms with E-state index in [-0.39, 0.29) is 17.9 Å². The van der Waals surface area contributed by atoms with E-state index in [1.54, 1.807) is 0 Å². The number of alkyl halides is 3. The molecule has 2 rings (SSSR count). The average Bonchev–Trinajstić information content (AvgIpc) is 2.52. The molecule has 0 spiro atoms. The molecular weight excluding hydrogens is 315 g/mol. The van der Waals surface area contributed by atoms with Gasteiger partial charge in [-0.25, -0.2) is 4.79 Å². The summed E-state index contributed by atoms with van der Waals surface area (Å²) in [5, 5.41) is 0. The molecule has 2 saturated heterocycles. The van der Waals surface area contributed by atoms with Gasteiger partial charge in [-0.2, -0.15) is 13.2 Å². The third-order valence-electron chi connectivity index (χ3n) is 4.48. The maximum atomic E-state index is 12.3. The molecule has 1 amide bonds. The highest BCUT2D eigenvalue weighted by molar-refractivity contribution is 6.32. The highest BCUT2D eigenvalue weighted by atomic mass is 19.4. The lowest BCUT2D eigenvalue weighted by molar-refractivity contribution is -0.190. The summed E-state index contributed by atoms with van der Waals surface area (Å²) >= 11 is 0. The van der Waals surface area contributed by atoms with Crippen molar-refractivity contribution in [2.24, 2.45) is 11.8 Å². The largest absolute Gasteiger partial charge is 0.449 e. The van der Waals surface area contributed by atoms with Crippen molar-refractivity contribution in [3.63, 3.8) is 0 Å². The number of piperidine rings is 1. The monoisotopic (exact) mass is 337 g/mol. The number of esters is 1. The van der Waals surface area contributed by atoms with Crippen LogP contribution in [0.1, 0.15) is 32.6 Å². The van der Waals surface area contributed by atoms with Crippen LogP contribution in [0, 0.1) is 11.8 Å². The first-order chi connectivity index (χ1) is 10.8. The van der Waals surface area contributed by atoms with E-state index < -0.39 is 24.7 Å². The summed E-state index contributed by atoms with van der Waals surface area (Å²) in [6, 6.07) is -0.124. The number of carbonyl (C=O) groups is 2. The number of amides is 1. The summed E-state index contributed by atoms with van der Waals surface area (Å²) in [6.45, 7) is 1.82. The zero-order valence-corrected chi connectivity index (χ0v) is 13.1. The van der Waals surface area contributed by atoms with Crippen LogP contribution in [0.5, 0.6) is 0 Å². The van der Waals surface area contributed by atoms with E-state index in [0.29, 0.717) is 19.8 Å². The second-order valence-electron chi connectivity index (χ2n) is 6.35. The van der Waals surface area contributed by atoms with Crippen LogP contribution >= 0.6 is 0 Å². The van der Waals surface area contributed by atoms with E-state index in [2.05, 4.69) is 4.74 Å². The van der Waals surface area contributed by atoms with Crippen molar-refractivity contribution in [3.05, 3.63) is 0 Å². The standard InChI is InChI=1S/C15H22F3NO4/c1-10-2-3-12(11-4-6-22-7-5-11)19(8-10)13(20)14(21)23-9-15(16,17)18/h10-12H,2-9H2,1H3/t10-,12+/m0/s1. The Bertz CT molecular complexity index is 435. The lowest BCUT2D eigenvalue weighted by Crippen LogP contribution is -2.53. The van der Waals surface area contributed by atoms with Gasteiger partial charge in [0.25, 0.3) is 0 Å². The van der Waals surface area contributed by atoms with Crippen LogP contribution in [0.25, 0.3) is 0 Å². The van der Waals surface area contributed by atoms with Crippen molar-refractivity contribution in [2.45, 2.75) is 44.8 Å². The number of likely N-dealkylation sites (tertiary alicyclic amines) is 1. The van der Waals surface area contributed by atoms with Crippen LogP contribution in [0.4, 0.5) is 13.2 Å². The molecule has 0 aromatic carbocycles. The number of hydrogen-bond acceptors (Lipinski definition) is 4. The third kappa shape index (κ3) is 5.09. The highest BCUT2D eigenvalue weighted by Gasteiger charge is 2.39. The van der Waals surface area contributed by atoms with E-state index >= 15 is 0 Å². The summed E-state index contributed by atoms with van der Waals surface area (Å²) in [4.78, 5) is 25.4. The molecule has 2 heterocycles. The Hall–Kier alpha value is -1.31. The summed E-state index contributed by atoms with van der Waals surface area (Å²) in [5.74, 6) is -1.95. The topological polar surface area (TPSA) is 55.8 Å². The predicted octanol–water partition coefficient (Wildman–Crippen LogP) is 2.15. The number of rotatable bonds is 2. The van der Waals surface area contributed by atoms with Crippen LogP contribution in [0.15, 0.2) is 0 Å². The van der Waals surface area contributed by atoms with Crippen molar-refractivity contribution in [1.82, 2.24) is 4.90 Å². The molecule has 0 bridgehead atoms. The average molecular weight is 337 g/mol. The van der Waals surface area contributed by atoms with E-state index in [1.807, 2.05) is 6.92 Å². The molecule has 0 aromatic heterocycles. The molecule has 0 saturated carbocycles. The van der Waals surface area contributed by atoms with Crippen molar-refractivity contribution >= 4 is 11.9 Å². The molecule has 8 heteroatoms. The van der Waals surface area contributed by atoms with Gasteiger partial charge >= 0.3 is 18.1 Å². The number of carbonyl (C=O) groups excluding carboxylic acids is 2. The zero-order chi connectivity index (χ0) is 17.0. The van der Waals surface area contributed by atoms with Gasteiger partial charge in [-0.05, 0) is 37.5 Å². The number of nitrogens with zero attached hydrogens (tertiary/aromatic N) is 1. The second-order valence-corrected chi connectivity index (χ2v) is 6.35. The van der Waals surface area contributed by atoms with Gasteiger partial charge in [0, 0.05) is 25.8 Å². The van der Waals surface area contributed by atoms with E-state index in [4.69, 9.17) is 4.74 Å². The molecule has 2 fully saturated rings. The molecule has 2 atom stereocenters. The fourth-order valence-corrected chi connectivity index (χ4v) is 3.32. The Morgan fingerprint density at radius 1 is 1.17 bits per heavy atom. The van der Waals surface area contributed by atoms with Gasteiger partial charge in [-0.3, -0.25) is 4.79 Å². The van der Waals surface area contributed by atoms with Gasteiger partial charge in [-0.1, -0.05) is 6.92 Å². The van der Waals surface area contributed by atoms with Crippen LogP contribution in [0.3, 0.4) is 0 Å². The van der Waals surface area contributed by atoms with Gasteiger partial charge in [-0.15, -0.1) is 0 Å². The Morgan fingerprint density at radius 2 is 1.83 bits per heavy atom. The van der Waals surface area contributed by atoms with Crippen molar-refractivity contribution < 1.29 is 32.2 Å². The Morgan fingerprint density at radius 3 is 2.43 bits per heavy atom. The van der Waals surface area contributed by atoms with Crippen LogP contribution in [-0.4, -0.2) is 55.4 Å². The summed E-state index contributed by atoms with van der Waals surface area (Å²) in [7, 11) is 0. The molecular formula is C15H22F3NO4. The van der Waals surface area contributed by atoms with Crippen LogP contribution in [0.2, 0.25) is 0 Å². The van der Waals surface area contributed by atoms with E-state index in [0.717, 1.165) is 25.7 Å². The second kappa shape index (κ2) is 7.51. The van der Waals surface area contributed by atoms with Gasteiger partial charge in [0.2, 0.25) is 0 Å². The van der Waals surface area contributed by atoms with Crippen molar-refractivity contribution in [1.29, 1.82) is 0 Å². The molecule has 2 aliphatic rings. The Labute approximate surface area is 133 Å². The predicted molar refractivity (Wildman–Crippen MR) is 74.5 cm³/mol. The van der Waals surface area contributed by atoms with Gasteiger partial charge in [0.1, 0.15) is 0 Å². The first-order valence-corrected chi connectivity index (χ1v) is 7.90. The van der Waals surface area contributed by atoms with Crippen molar-refractivity contribution in [3.8, 4) is 0 Å². The first-order valence-electron chi connectivity index (χ1n) is 7.90. The van der Waals surface area contributed by atoms with E-state index in [9.17, 15) is 22.8 Å². The minimum absolute atomic E-state index is 0.124. The number of hydrogen-bond donors (Lipinski definition) is 0. The van der Waals surface area contributed by atoms with Crippen molar-refractivity contribution in [2.75, 3.05) is 26.4 Å². The molecule has 0 aliphatic carbocycles. The lowest BCUT2D eigenvalue weighted by Gasteiger charge is -2.43. The summed E-state index contributed by atoms with van der Waals surface area (Å²) < 4.78 is 45.8. The molecule has 0 radical (unpaired) electrons. The Balaban J connectivity index is 2.02. The minimum Gasteiger partial charge on any atom is -0.449 e. The van der Waals surface area contributed by atoms with Crippen LogP contribution in [-0.2, 0) is 19.1 Å². The molecule has 5 nitrogen and oxygen atoms in total. The minimum atomic E-state index is -4.63. The first kappa shape index (κ1) is 18.0. The molecule has 0 aromatic rings. The molecule has 132 valence electrons. The fraction of sp³-hybridized carbons (Fsp3) is 0.867.